The van der Waals surface area contributed by atoms with E-state index in [1.807, 2.05) is 50.2 Å². The number of carbonyl (C=O) groups excluding carboxylic acids is 1. The second kappa shape index (κ2) is 9.18. The van der Waals surface area contributed by atoms with Crippen LogP contribution in [0.5, 0.6) is 5.75 Å². The normalized spacial score (nSPS) is 10.7. The second-order valence-corrected chi connectivity index (χ2v) is 6.59. The lowest BCUT2D eigenvalue weighted by molar-refractivity contribution is -0.120. The van der Waals surface area contributed by atoms with E-state index in [2.05, 4.69) is 33.0 Å². The lowest BCUT2D eigenvalue weighted by Crippen LogP contribution is -2.19. The van der Waals surface area contributed by atoms with E-state index in [1.54, 1.807) is 12.3 Å². The summed E-state index contributed by atoms with van der Waals surface area (Å²) in [5, 5.41) is 4.04. The fourth-order valence-corrected chi connectivity index (χ4v) is 2.59. The molecule has 1 amide bonds. The van der Waals surface area contributed by atoms with Crippen LogP contribution < -0.4 is 10.2 Å². The standard InChI is InChI=1S/C20H21BrN2O2/c1-4-9-25-19-8-7-18(21)12-17(19)13-22-23-20(24)11-16-6-5-14(2)15(3)10-16/h4-8,10,12-13H,1,9,11H2,2-3H3,(H,23,24)/b22-13-. The number of benzene rings is 2. The first kappa shape index (κ1) is 18.9. The van der Waals surface area contributed by atoms with Crippen LogP contribution in [0.3, 0.4) is 0 Å². The molecule has 0 aliphatic heterocycles. The van der Waals surface area contributed by atoms with Crippen molar-refractivity contribution in [2.24, 2.45) is 5.10 Å². The Bertz CT molecular complexity index is 800. The van der Waals surface area contributed by atoms with Gasteiger partial charge < -0.3 is 4.74 Å². The molecule has 0 aliphatic carbocycles. The third-order valence-electron chi connectivity index (χ3n) is 3.66. The van der Waals surface area contributed by atoms with Gasteiger partial charge in [-0.15, -0.1) is 0 Å². The zero-order chi connectivity index (χ0) is 18.2. The quantitative estimate of drug-likeness (QED) is 0.427. The molecule has 0 radical (unpaired) electrons. The Morgan fingerprint density at radius 3 is 2.76 bits per heavy atom. The largest absolute Gasteiger partial charge is 0.489 e. The first-order valence-corrected chi connectivity index (χ1v) is 8.70. The molecule has 4 nitrogen and oxygen atoms in total. The summed E-state index contributed by atoms with van der Waals surface area (Å²) < 4.78 is 6.48. The Hall–Kier alpha value is -2.40. The van der Waals surface area contributed by atoms with Crippen LogP contribution in [0.25, 0.3) is 0 Å². The summed E-state index contributed by atoms with van der Waals surface area (Å²) in [4.78, 5) is 12.0. The smallest absolute Gasteiger partial charge is 0.244 e. The zero-order valence-corrected chi connectivity index (χ0v) is 16.0. The lowest BCUT2D eigenvalue weighted by Gasteiger charge is -2.07. The van der Waals surface area contributed by atoms with Gasteiger partial charge in [0.15, 0.2) is 0 Å². The number of amides is 1. The van der Waals surface area contributed by atoms with E-state index in [9.17, 15) is 4.79 Å². The van der Waals surface area contributed by atoms with Gasteiger partial charge in [0.1, 0.15) is 12.4 Å². The molecule has 0 spiro atoms. The average Bonchev–Trinajstić information content (AvgIpc) is 2.57. The van der Waals surface area contributed by atoms with Gasteiger partial charge in [-0.25, -0.2) is 5.43 Å². The highest BCUT2D eigenvalue weighted by Crippen LogP contribution is 2.21. The molecule has 2 aromatic carbocycles. The molecule has 130 valence electrons. The van der Waals surface area contributed by atoms with E-state index < -0.39 is 0 Å². The predicted octanol–water partition coefficient (Wildman–Crippen LogP) is 4.32. The third-order valence-corrected chi connectivity index (χ3v) is 4.15. The van der Waals surface area contributed by atoms with Gasteiger partial charge in [-0.05, 0) is 48.7 Å². The Balaban J connectivity index is 2.00. The molecule has 1 N–H and O–H groups in total. The number of rotatable bonds is 7. The number of halogens is 1. The van der Waals surface area contributed by atoms with Gasteiger partial charge in [0.2, 0.25) is 5.91 Å². The highest BCUT2D eigenvalue weighted by Gasteiger charge is 2.05. The third kappa shape index (κ3) is 5.87. The summed E-state index contributed by atoms with van der Waals surface area (Å²) in [5.74, 6) is 0.512. The lowest BCUT2D eigenvalue weighted by atomic mass is 10.0. The van der Waals surface area contributed by atoms with Gasteiger partial charge in [0, 0.05) is 10.0 Å². The first-order chi connectivity index (χ1) is 12.0. The van der Waals surface area contributed by atoms with E-state index >= 15 is 0 Å². The zero-order valence-electron chi connectivity index (χ0n) is 14.4. The molecule has 0 bridgehead atoms. The summed E-state index contributed by atoms with van der Waals surface area (Å²) >= 11 is 3.42. The van der Waals surface area contributed by atoms with E-state index in [1.165, 1.54) is 11.1 Å². The summed E-state index contributed by atoms with van der Waals surface area (Å²) in [7, 11) is 0. The van der Waals surface area contributed by atoms with Crippen molar-refractivity contribution in [3.8, 4) is 5.75 Å². The van der Waals surface area contributed by atoms with Gasteiger partial charge in [-0.1, -0.05) is 46.8 Å². The number of hydrogen-bond acceptors (Lipinski definition) is 3. The molecule has 0 fully saturated rings. The number of nitrogens with one attached hydrogen (secondary N) is 1. The molecule has 0 saturated carbocycles. The van der Waals surface area contributed by atoms with Crippen molar-refractivity contribution < 1.29 is 9.53 Å². The molecule has 0 aliphatic rings. The van der Waals surface area contributed by atoms with Crippen LogP contribution in [-0.4, -0.2) is 18.7 Å². The summed E-state index contributed by atoms with van der Waals surface area (Å²) in [6.07, 6.45) is 3.53. The van der Waals surface area contributed by atoms with Crippen molar-refractivity contribution in [1.29, 1.82) is 0 Å². The summed E-state index contributed by atoms with van der Waals surface area (Å²) in [6.45, 7) is 8.12. The molecule has 0 saturated heterocycles. The van der Waals surface area contributed by atoms with E-state index in [4.69, 9.17) is 4.74 Å². The summed E-state index contributed by atoms with van der Waals surface area (Å²) in [5.41, 5.74) is 6.67. The Morgan fingerprint density at radius 1 is 1.24 bits per heavy atom. The average molecular weight is 401 g/mol. The Morgan fingerprint density at radius 2 is 2.04 bits per heavy atom. The van der Waals surface area contributed by atoms with Gasteiger partial charge >= 0.3 is 0 Å². The van der Waals surface area contributed by atoms with Crippen molar-refractivity contribution in [3.05, 3.63) is 75.8 Å². The van der Waals surface area contributed by atoms with Crippen molar-refractivity contribution in [3.63, 3.8) is 0 Å². The maximum atomic E-state index is 12.0. The van der Waals surface area contributed by atoms with Gasteiger partial charge in [-0.2, -0.15) is 5.10 Å². The fourth-order valence-electron chi connectivity index (χ4n) is 2.21. The molecular formula is C20H21BrN2O2. The molecule has 2 aromatic rings. The van der Waals surface area contributed by atoms with E-state index in [0.29, 0.717) is 12.4 Å². The number of nitrogens with zero attached hydrogens (tertiary/aromatic N) is 1. The highest BCUT2D eigenvalue weighted by atomic mass is 79.9. The number of aryl methyl sites for hydroxylation is 2. The molecule has 5 heteroatoms. The number of hydrazone groups is 1. The number of ether oxygens (including phenoxy) is 1. The number of hydrogen-bond donors (Lipinski definition) is 1. The molecule has 0 atom stereocenters. The minimum atomic E-state index is -0.164. The first-order valence-electron chi connectivity index (χ1n) is 7.91. The molecular weight excluding hydrogens is 380 g/mol. The molecule has 0 heterocycles. The monoisotopic (exact) mass is 400 g/mol. The van der Waals surface area contributed by atoms with Crippen molar-refractivity contribution in [1.82, 2.24) is 5.43 Å². The molecule has 25 heavy (non-hydrogen) atoms. The fraction of sp³-hybridized carbons (Fsp3) is 0.200. The van der Waals surface area contributed by atoms with Crippen LogP contribution in [0.4, 0.5) is 0 Å². The van der Waals surface area contributed by atoms with E-state index in [-0.39, 0.29) is 12.3 Å². The van der Waals surface area contributed by atoms with Crippen molar-refractivity contribution >= 4 is 28.1 Å². The maximum Gasteiger partial charge on any atom is 0.244 e. The van der Waals surface area contributed by atoms with Gasteiger partial charge in [0.25, 0.3) is 0 Å². The SMILES string of the molecule is C=CCOc1ccc(Br)cc1/C=N\NC(=O)Cc1ccc(C)c(C)c1. The second-order valence-electron chi connectivity index (χ2n) is 5.67. The minimum Gasteiger partial charge on any atom is -0.489 e. The van der Waals surface area contributed by atoms with Crippen LogP contribution in [0.15, 0.2) is 58.6 Å². The van der Waals surface area contributed by atoms with Crippen LogP contribution >= 0.6 is 15.9 Å². The Labute approximate surface area is 156 Å². The molecule has 0 aromatic heterocycles. The molecule has 0 unspecified atom stereocenters. The van der Waals surface area contributed by atoms with E-state index in [0.717, 1.165) is 15.6 Å². The maximum absolute atomic E-state index is 12.0. The van der Waals surface area contributed by atoms with Gasteiger partial charge in [-0.3, -0.25) is 4.79 Å². The Kier molecular flexibility index (Phi) is 6.95. The van der Waals surface area contributed by atoms with Crippen molar-refractivity contribution in [2.75, 3.05) is 6.61 Å². The highest BCUT2D eigenvalue weighted by molar-refractivity contribution is 9.10. The van der Waals surface area contributed by atoms with Crippen LogP contribution in [0.2, 0.25) is 0 Å². The predicted molar refractivity (Wildman–Crippen MR) is 105 cm³/mol. The number of carbonyl (C=O) groups is 1. The molecule has 2 rings (SSSR count). The van der Waals surface area contributed by atoms with Crippen LogP contribution in [0.1, 0.15) is 22.3 Å². The van der Waals surface area contributed by atoms with Crippen LogP contribution in [-0.2, 0) is 11.2 Å². The van der Waals surface area contributed by atoms with Crippen LogP contribution in [0, 0.1) is 13.8 Å². The minimum absolute atomic E-state index is 0.164. The van der Waals surface area contributed by atoms with Crippen molar-refractivity contribution in [2.45, 2.75) is 20.3 Å². The topological polar surface area (TPSA) is 50.7 Å². The summed E-state index contributed by atoms with van der Waals surface area (Å²) in [6, 6.07) is 11.6. The van der Waals surface area contributed by atoms with Gasteiger partial charge in [0.05, 0.1) is 12.6 Å².